The van der Waals surface area contributed by atoms with Crippen LogP contribution in [0.3, 0.4) is 0 Å². The Hall–Kier alpha value is -1.39. The average Bonchev–Trinajstić information content (AvgIpc) is 2.69. The van der Waals surface area contributed by atoms with Crippen molar-refractivity contribution in [2.75, 3.05) is 0 Å². The first kappa shape index (κ1) is 12.1. The van der Waals surface area contributed by atoms with E-state index in [1.807, 2.05) is 13.8 Å². The van der Waals surface area contributed by atoms with Crippen LogP contribution in [0, 0.1) is 5.82 Å². The van der Waals surface area contributed by atoms with E-state index in [4.69, 9.17) is 17.3 Å². The summed E-state index contributed by atoms with van der Waals surface area (Å²) in [5.41, 5.74) is 6.48. The van der Waals surface area contributed by atoms with Gasteiger partial charge in [0.25, 0.3) is 0 Å². The predicted octanol–water partition coefficient (Wildman–Crippen LogP) is 2.86. The van der Waals surface area contributed by atoms with Crippen LogP contribution in [0.1, 0.15) is 19.5 Å². The third kappa shape index (κ3) is 2.33. The Labute approximate surface area is 104 Å². The number of hydrogen-bond donors (Lipinski definition) is 1. The fourth-order valence-corrected chi connectivity index (χ4v) is 1.80. The summed E-state index contributed by atoms with van der Waals surface area (Å²) in [6.45, 7) is 3.67. The van der Waals surface area contributed by atoms with Crippen LogP contribution in [0.25, 0.3) is 5.69 Å². The maximum Gasteiger partial charge on any atom is 0.147 e. The van der Waals surface area contributed by atoms with Crippen LogP contribution in [0.4, 0.5) is 4.39 Å². The van der Waals surface area contributed by atoms with E-state index in [-0.39, 0.29) is 5.82 Å². The number of aromatic nitrogens is 2. The van der Waals surface area contributed by atoms with Gasteiger partial charge in [-0.2, -0.15) is 0 Å². The largest absolute Gasteiger partial charge is 0.321 e. The highest BCUT2D eigenvalue weighted by Gasteiger charge is 2.21. The molecular weight excluding hydrogens is 241 g/mol. The molecule has 0 aliphatic rings. The van der Waals surface area contributed by atoms with Crippen molar-refractivity contribution in [3.63, 3.8) is 0 Å². The molecule has 0 aliphatic carbocycles. The Kier molecular flexibility index (Phi) is 2.93. The zero-order chi connectivity index (χ0) is 12.6. The van der Waals surface area contributed by atoms with Crippen molar-refractivity contribution in [1.82, 2.24) is 9.55 Å². The minimum absolute atomic E-state index is 0.350. The SMILES string of the molecule is CC(C)(N)c1cncn1-c1cc(Cl)ccc1F. The molecule has 0 spiro atoms. The summed E-state index contributed by atoms with van der Waals surface area (Å²) in [5.74, 6) is -0.363. The third-order valence-corrected chi connectivity index (χ3v) is 2.70. The summed E-state index contributed by atoms with van der Waals surface area (Å²) >= 11 is 5.87. The minimum Gasteiger partial charge on any atom is -0.321 e. The van der Waals surface area contributed by atoms with Crippen molar-refractivity contribution in [1.29, 1.82) is 0 Å². The van der Waals surface area contributed by atoms with Crippen molar-refractivity contribution < 1.29 is 4.39 Å². The summed E-state index contributed by atoms with van der Waals surface area (Å²) in [6, 6.07) is 4.38. The monoisotopic (exact) mass is 253 g/mol. The van der Waals surface area contributed by atoms with E-state index in [9.17, 15) is 4.39 Å². The molecule has 1 heterocycles. The third-order valence-electron chi connectivity index (χ3n) is 2.47. The minimum atomic E-state index is -0.606. The number of rotatable bonds is 2. The first-order chi connectivity index (χ1) is 7.89. The smallest absolute Gasteiger partial charge is 0.147 e. The highest BCUT2D eigenvalue weighted by atomic mass is 35.5. The summed E-state index contributed by atoms with van der Waals surface area (Å²) in [4.78, 5) is 4.01. The van der Waals surface area contributed by atoms with Gasteiger partial charge in [0.1, 0.15) is 5.82 Å². The van der Waals surface area contributed by atoms with Gasteiger partial charge in [0.15, 0.2) is 0 Å². The first-order valence-corrected chi connectivity index (χ1v) is 5.54. The lowest BCUT2D eigenvalue weighted by atomic mass is 10.0. The molecule has 2 N–H and O–H groups in total. The number of nitrogens with two attached hydrogens (primary N) is 1. The molecule has 1 aromatic carbocycles. The van der Waals surface area contributed by atoms with Gasteiger partial charge < -0.3 is 5.73 Å². The number of imidazole rings is 1. The molecule has 0 radical (unpaired) electrons. The Bertz CT molecular complexity index is 543. The van der Waals surface area contributed by atoms with Crippen LogP contribution in [-0.2, 0) is 5.54 Å². The molecule has 0 fully saturated rings. The van der Waals surface area contributed by atoms with Gasteiger partial charge in [0.2, 0.25) is 0 Å². The lowest BCUT2D eigenvalue weighted by Crippen LogP contribution is -2.31. The highest BCUT2D eigenvalue weighted by molar-refractivity contribution is 6.30. The Balaban J connectivity index is 2.61. The van der Waals surface area contributed by atoms with Gasteiger partial charge in [0.05, 0.1) is 29.4 Å². The molecule has 0 unspecified atom stereocenters. The van der Waals surface area contributed by atoms with Crippen molar-refractivity contribution in [3.8, 4) is 5.69 Å². The topological polar surface area (TPSA) is 43.8 Å². The number of halogens is 2. The molecular formula is C12H13ClFN3. The van der Waals surface area contributed by atoms with Crippen LogP contribution in [-0.4, -0.2) is 9.55 Å². The van der Waals surface area contributed by atoms with Crippen LogP contribution in [0.2, 0.25) is 5.02 Å². The molecule has 0 bridgehead atoms. The molecule has 1 aromatic heterocycles. The van der Waals surface area contributed by atoms with Crippen LogP contribution in [0.15, 0.2) is 30.7 Å². The fourth-order valence-electron chi connectivity index (χ4n) is 1.63. The van der Waals surface area contributed by atoms with Crippen LogP contribution < -0.4 is 5.73 Å². The Morgan fingerprint density at radius 3 is 2.76 bits per heavy atom. The van der Waals surface area contributed by atoms with Gasteiger partial charge in [-0.25, -0.2) is 9.37 Å². The lowest BCUT2D eigenvalue weighted by Gasteiger charge is -2.21. The van der Waals surface area contributed by atoms with Gasteiger partial charge >= 0.3 is 0 Å². The normalized spacial score (nSPS) is 11.8. The molecule has 3 nitrogen and oxygen atoms in total. The van der Waals surface area contributed by atoms with Crippen LogP contribution >= 0.6 is 11.6 Å². The molecule has 17 heavy (non-hydrogen) atoms. The van der Waals surface area contributed by atoms with E-state index in [1.165, 1.54) is 18.5 Å². The molecule has 90 valence electrons. The van der Waals surface area contributed by atoms with E-state index in [0.717, 1.165) is 5.69 Å². The fraction of sp³-hybridized carbons (Fsp3) is 0.250. The van der Waals surface area contributed by atoms with Gasteiger partial charge in [-0.3, -0.25) is 4.57 Å². The number of benzene rings is 1. The van der Waals surface area contributed by atoms with Crippen molar-refractivity contribution in [2.45, 2.75) is 19.4 Å². The quantitative estimate of drug-likeness (QED) is 0.894. The van der Waals surface area contributed by atoms with Gasteiger partial charge in [-0.05, 0) is 32.0 Å². The zero-order valence-corrected chi connectivity index (χ0v) is 10.4. The Morgan fingerprint density at radius 1 is 1.41 bits per heavy atom. The summed E-state index contributed by atoms with van der Waals surface area (Å²) < 4.78 is 15.4. The van der Waals surface area contributed by atoms with Crippen molar-refractivity contribution >= 4 is 11.6 Å². The second kappa shape index (κ2) is 4.13. The average molecular weight is 254 g/mol. The van der Waals surface area contributed by atoms with Gasteiger partial charge in [-0.15, -0.1) is 0 Å². The van der Waals surface area contributed by atoms with Crippen molar-refractivity contribution in [2.24, 2.45) is 5.73 Å². The van der Waals surface area contributed by atoms with E-state index < -0.39 is 5.54 Å². The second-order valence-electron chi connectivity index (χ2n) is 4.47. The maximum atomic E-state index is 13.8. The maximum absolute atomic E-state index is 13.8. The molecule has 0 saturated carbocycles. The molecule has 2 aromatic rings. The van der Waals surface area contributed by atoms with Gasteiger partial charge in [-0.1, -0.05) is 11.6 Å². The van der Waals surface area contributed by atoms with Crippen molar-refractivity contribution in [3.05, 3.63) is 47.3 Å². The standard InChI is InChI=1S/C12H13ClFN3/c1-12(2,15)11-6-16-7-17(11)10-5-8(13)3-4-9(10)14/h3-7H,15H2,1-2H3. The number of hydrogen-bond acceptors (Lipinski definition) is 2. The predicted molar refractivity (Wildman–Crippen MR) is 65.7 cm³/mol. The molecule has 5 heteroatoms. The Morgan fingerprint density at radius 2 is 2.12 bits per heavy atom. The molecule has 0 aliphatic heterocycles. The van der Waals surface area contributed by atoms with E-state index in [2.05, 4.69) is 4.98 Å². The second-order valence-corrected chi connectivity index (χ2v) is 4.90. The summed E-state index contributed by atoms with van der Waals surface area (Å²) in [5, 5.41) is 0.468. The molecule has 2 rings (SSSR count). The molecule has 0 atom stereocenters. The van der Waals surface area contributed by atoms with E-state index in [1.54, 1.807) is 16.8 Å². The zero-order valence-electron chi connectivity index (χ0n) is 9.61. The van der Waals surface area contributed by atoms with E-state index in [0.29, 0.717) is 10.7 Å². The summed E-state index contributed by atoms with van der Waals surface area (Å²) in [6.07, 6.45) is 3.15. The highest BCUT2D eigenvalue weighted by Crippen LogP contribution is 2.24. The van der Waals surface area contributed by atoms with Gasteiger partial charge in [0, 0.05) is 5.02 Å². The van der Waals surface area contributed by atoms with E-state index >= 15 is 0 Å². The molecule has 0 amide bonds. The van der Waals surface area contributed by atoms with Crippen LogP contribution in [0.5, 0.6) is 0 Å². The molecule has 0 saturated heterocycles. The lowest BCUT2D eigenvalue weighted by molar-refractivity contribution is 0.519. The first-order valence-electron chi connectivity index (χ1n) is 5.17. The summed E-state index contributed by atoms with van der Waals surface area (Å²) in [7, 11) is 0. The number of nitrogens with zero attached hydrogens (tertiary/aromatic N) is 2.